The van der Waals surface area contributed by atoms with Gasteiger partial charge in [0, 0.05) is 4.88 Å². The normalized spacial score (nSPS) is 11.5. The molecule has 0 aliphatic heterocycles. The number of hydrogen-bond donors (Lipinski definition) is 1. The maximum Gasteiger partial charge on any atom is 0.361 e. The summed E-state index contributed by atoms with van der Waals surface area (Å²) in [5.74, 6) is -0.652. The summed E-state index contributed by atoms with van der Waals surface area (Å²) in [6, 6.07) is 3.50. The van der Waals surface area contributed by atoms with Crippen LogP contribution in [0.25, 0.3) is 0 Å². The molecule has 19 heavy (non-hydrogen) atoms. The summed E-state index contributed by atoms with van der Waals surface area (Å²) in [5, 5.41) is 22.7. The number of esters is 1. The summed E-state index contributed by atoms with van der Waals surface area (Å²) in [6.07, 6.45) is 1.49. The molecule has 0 radical (unpaired) electrons. The van der Waals surface area contributed by atoms with Crippen LogP contribution in [-0.4, -0.2) is 43.7 Å². The molecule has 0 aromatic carbocycles. The molecule has 8 nitrogen and oxygen atoms in total. The molecule has 0 saturated carbocycles. The van der Waals surface area contributed by atoms with E-state index in [1.54, 1.807) is 17.7 Å². The van der Waals surface area contributed by atoms with Crippen molar-refractivity contribution in [2.75, 3.05) is 6.61 Å². The molecule has 0 aliphatic carbocycles. The van der Waals surface area contributed by atoms with Gasteiger partial charge >= 0.3 is 5.97 Å². The Morgan fingerprint density at radius 1 is 1.58 bits per heavy atom. The first-order valence-electron chi connectivity index (χ1n) is 5.43. The van der Waals surface area contributed by atoms with Gasteiger partial charge in [0.05, 0.1) is 18.0 Å². The van der Waals surface area contributed by atoms with Gasteiger partial charge in [0.25, 0.3) is 0 Å². The predicted octanol–water partition coefficient (Wildman–Crippen LogP) is 0.524. The lowest BCUT2D eigenvalue weighted by molar-refractivity contribution is -0.135. The second kappa shape index (κ2) is 6.05. The van der Waals surface area contributed by atoms with Gasteiger partial charge in [0.2, 0.25) is 5.71 Å². The van der Waals surface area contributed by atoms with Crippen LogP contribution in [0, 0.1) is 0 Å². The monoisotopic (exact) mass is 281 g/mol. The molecule has 2 rings (SSSR count). The fourth-order valence-electron chi connectivity index (χ4n) is 1.39. The number of oxime groups is 1. The molecule has 0 bridgehead atoms. The molecule has 9 heteroatoms. The smallest absolute Gasteiger partial charge is 0.361 e. The van der Waals surface area contributed by atoms with E-state index < -0.39 is 5.97 Å². The van der Waals surface area contributed by atoms with Crippen LogP contribution in [0.2, 0.25) is 0 Å². The third-order valence-corrected chi connectivity index (χ3v) is 3.25. The van der Waals surface area contributed by atoms with Gasteiger partial charge in [-0.1, -0.05) is 5.16 Å². The van der Waals surface area contributed by atoms with Crippen molar-refractivity contribution in [2.24, 2.45) is 5.16 Å². The molecular formula is C10H11N5O3S. The summed E-state index contributed by atoms with van der Waals surface area (Å²) in [4.78, 5) is 13.0. The topological polar surface area (TPSA) is 102 Å². The molecule has 1 N–H and O–H groups in total. The SMILES string of the molecule is CCOC(=O)/C(=N\O)c1ccc(Cn2cnnn2)s1. The summed E-state index contributed by atoms with van der Waals surface area (Å²) in [7, 11) is 0. The maximum absolute atomic E-state index is 11.6. The van der Waals surface area contributed by atoms with Crippen molar-refractivity contribution in [3.05, 3.63) is 28.2 Å². The summed E-state index contributed by atoms with van der Waals surface area (Å²) in [6.45, 7) is 2.39. The molecule has 0 amide bonds. The summed E-state index contributed by atoms with van der Waals surface area (Å²) in [5.41, 5.74) is -0.102. The Bertz CT molecular complexity index is 578. The van der Waals surface area contributed by atoms with Crippen molar-refractivity contribution in [3.8, 4) is 0 Å². The minimum Gasteiger partial charge on any atom is -0.461 e. The predicted molar refractivity (Wildman–Crippen MR) is 66.2 cm³/mol. The lowest BCUT2D eigenvalue weighted by Crippen LogP contribution is -2.17. The van der Waals surface area contributed by atoms with Gasteiger partial charge < -0.3 is 9.94 Å². The Kier molecular flexibility index (Phi) is 4.18. The highest BCUT2D eigenvalue weighted by atomic mass is 32.1. The third kappa shape index (κ3) is 3.13. The number of hydrogen-bond acceptors (Lipinski definition) is 8. The molecule has 0 spiro atoms. The first-order chi connectivity index (χ1) is 9.24. The number of tetrazole rings is 1. The van der Waals surface area contributed by atoms with Gasteiger partial charge in [-0.2, -0.15) is 0 Å². The van der Waals surface area contributed by atoms with Gasteiger partial charge in [-0.15, -0.1) is 16.4 Å². The van der Waals surface area contributed by atoms with E-state index in [2.05, 4.69) is 20.7 Å². The van der Waals surface area contributed by atoms with Crippen LogP contribution >= 0.6 is 11.3 Å². The molecule has 0 saturated heterocycles. The lowest BCUT2D eigenvalue weighted by Gasteiger charge is -2.01. The fraction of sp³-hybridized carbons (Fsp3) is 0.300. The van der Waals surface area contributed by atoms with E-state index in [-0.39, 0.29) is 12.3 Å². The molecule has 100 valence electrons. The Labute approximate surface area is 112 Å². The molecule has 0 unspecified atom stereocenters. The third-order valence-electron chi connectivity index (χ3n) is 2.17. The number of thiophene rings is 1. The number of carbonyl (C=O) groups is 1. The van der Waals surface area contributed by atoms with E-state index in [1.165, 1.54) is 17.7 Å². The van der Waals surface area contributed by atoms with E-state index in [9.17, 15) is 4.79 Å². The van der Waals surface area contributed by atoms with Crippen LogP contribution in [0.1, 0.15) is 16.7 Å². The van der Waals surface area contributed by atoms with E-state index in [4.69, 9.17) is 9.94 Å². The summed E-state index contributed by atoms with van der Waals surface area (Å²) < 4.78 is 6.36. The molecule has 2 aromatic heterocycles. The number of rotatable bonds is 5. The maximum atomic E-state index is 11.6. The largest absolute Gasteiger partial charge is 0.461 e. The van der Waals surface area contributed by atoms with Crippen molar-refractivity contribution in [1.29, 1.82) is 0 Å². The number of nitrogens with zero attached hydrogens (tertiary/aromatic N) is 5. The van der Waals surface area contributed by atoms with Crippen LogP contribution < -0.4 is 0 Å². The van der Waals surface area contributed by atoms with E-state index in [0.717, 1.165) is 4.88 Å². The van der Waals surface area contributed by atoms with Crippen LogP contribution in [0.15, 0.2) is 23.6 Å². The Hall–Kier alpha value is -2.29. The number of ether oxygens (including phenoxy) is 1. The highest BCUT2D eigenvalue weighted by Gasteiger charge is 2.18. The zero-order valence-corrected chi connectivity index (χ0v) is 10.9. The van der Waals surface area contributed by atoms with Gasteiger partial charge in [0.15, 0.2) is 0 Å². The molecular weight excluding hydrogens is 270 g/mol. The number of aromatic nitrogens is 4. The average Bonchev–Trinajstić information content (AvgIpc) is 3.03. The lowest BCUT2D eigenvalue weighted by atomic mass is 10.3. The Morgan fingerprint density at radius 2 is 2.42 bits per heavy atom. The van der Waals surface area contributed by atoms with Crippen LogP contribution in [0.5, 0.6) is 0 Å². The quantitative estimate of drug-likeness (QED) is 0.371. The van der Waals surface area contributed by atoms with Gasteiger partial charge in [-0.25, -0.2) is 9.48 Å². The van der Waals surface area contributed by atoms with Gasteiger partial charge in [-0.3, -0.25) is 0 Å². The van der Waals surface area contributed by atoms with Gasteiger partial charge in [-0.05, 0) is 29.5 Å². The van der Waals surface area contributed by atoms with E-state index in [1.807, 2.05) is 6.07 Å². The van der Waals surface area contributed by atoms with Crippen LogP contribution in [0.4, 0.5) is 0 Å². The number of carbonyl (C=O) groups excluding carboxylic acids is 1. The second-order valence-electron chi connectivity index (χ2n) is 3.44. The van der Waals surface area contributed by atoms with Crippen molar-refractivity contribution in [1.82, 2.24) is 20.2 Å². The van der Waals surface area contributed by atoms with Gasteiger partial charge in [0.1, 0.15) is 6.33 Å². The highest BCUT2D eigenvalue weighted by Crippen LogP contribution is 2.18. The van der Waals surface area contributed by atoms with Crippen molar-refractivity contribution in [2.45, 2.75) is 13.5 Å². The molecule has 2 aromatic rings. The molecule has 0 aliphatic rings. The van der Waals surface area contributed by atoms with Crippen molar-refractivity contribution < 1.29 is 14.7 Å². The zero-order chi connectivity index (χ0) is 13.7. The molecule has 2 heterocycles. The van der Waals surface area contributed by atoms with Crippen molar-refractivity contribution >= 4 is 23.0 Å². The zero-order valence-electron chi connectivity index (χ0n) is 10.1. The second-order valence-corrected chi connectivity index (χ2v) is 4.61. The first kappa shape index (κ1) is 13.1. The van der Waals surface area contributed by atoms with Crippen LogP contribution in [-0.2, 0) is 16.1 Å². The Balaban J connectivity index is 2.13. The van der Waals surface area contributed by atoms with E-state index in [0.29, 0.717) is 11.4 Å². The fourth-order valence-corrected chi connectivity index (χ4v) is 2.36. The Morgan fingerprint density at radius 3 is 3.05 bits per heavy atom. The summed E-state index contributed by atoms with van der Waals surface area (Å²) >= 11 is 1.31. The molecule has 0 atom stereocenters. The average molecular weight is 281 g/mol. The minimum atomic E-state index is -0.652. The van der Waals surface area contributed by atoms with Crippen molar-refractivity contribution in [3.63, 3.8) is 0 Å². The first-order valence-corrected chi connectivity index (χ1v) is 6.25. The molecule has 0 fully saturated rings. The minimum absolute atomic E-state index is 0.102. The standard InChI is InChI=1S/C10H11N5O3S/c1-2-18-10(16)9(12-17)8-4-3-7(19-8)5-15-6-11-13-14-15/h3-4,6,17H,2,5H2,1H3/b12-9-. The van der Waals surface area contributed by atoms with E-state index >= 15 is 0 Å². The van der Waals surface area contributed by atoms with Crippen LogP contribution in [0.3, 0.4) is 0 Å². The highest BCUT2D eigenvalue weighted by molar-refractivity contribution is 7.14.